The lowest BCUT2D eigenvalue weighted by Crippen LogP contribution is -2.03. The molecule has 0 radical (unpaired) electrons. The van der Waals surface area contributed by atoms with Gasteiger partial charge in [0, 0.05) is 0 Å². The van der Waals surface area contributed by atoms with Crippen molar-refractivity contribution in [2.45, 2.75) is 40.0 Å². The van der Waals surface area contributed by atoms with Gasteiger partial charge < -0.3 is 0 Å². The van der Waals surface area contributed by atoms with Crippen LogP contribution in [-0.2, 0) is 0 Å². The second kappa shape index (κ2) is 3.78. The number of allylic oxidation sites excluding steroid dienone is 1. The normalized spacial score (nSPS) is 29.7. The SMILES string of the molecule is CC=C=C(C)[C@H]1CCC[C@H]1C. The summed E-state index contributed by atoms with van der Waals surface area (Å²) in [5.41, 5.74) is 4.77. The molecule has 0 bridgehead atoms. The van der Waals surface area contributed by atoms with Crippen molar-refractivity contribution in [3.63, 3.8) is 0 Å². The molecule has 62 valence electrons. The summed E-state index contributed by atoms with van der Waals surface area (Å²) in [6.45, 7) is 6.62. The molecule has 0 nitrogen and oxygen atoms in total. The van der Waals surface area contributed by atoms with Crippen LogP contribution >= 0.6 is 0 Å². The van der Waals surface area contributed by atoms with Gasteiger partial charge in [-0.25, -0.2) is 0 Å². The Kier molecular flexibility index (Phi) is 2.96. The van der Waals surface area contributed by atoms with Crippen molar-refractivity contribution in [3.05, 3.63) is 17.4 Å². The van der Waals surface area contributed by atoms with Crippen LogP contribution in [0.15, 0.2) is 17.4 Å². The molecule has 0 aromatic carbocycles. The van der Waals surface area contributed by atoms with Crippen LogP contribution in [0.5, 0.6) is 0 Å². The molecule has 1 fully saturated rings. The van der Waals surface area contributed by atoms with E-state index in [1.54, 1.807) is 0 Å². The van der Waals surface area contributed by atoms with Gasteiger partial charge in [-0.1, -0.05) is 19.8 Å². The first kappa shape index (κ1) is 8.62. The van der Waals surface area contributed by atoms with Crippen LogP contribution in [0.3, 0.4) is 0 Å². The average molecular weight is 150 g/mol. The maximum atomic E-state index is 3.31. The fraction of sp³-hybridized carbons (Fsp3) is 0.727. The molecule has 11 heavy (non-hydrogen) atoms. The van der Waals surface area contributed by atoms with Crippen LogP contribution in [0.2, 0.25) is 0 Å². The molecule has 0 unspecified atom stereocenters. The van der Waals surface area contributed by atoms with Gasteiger partial charge in [0.1, 0.15) is 0 Å². The molecule has 0 N–H and O–H groups in total. The molecule has 0 aliphatic heterocycles. The minimum absolute atomic E-state index is 0.825. The van der Waals surface area contributed by atoms with Crippen LogP contribution in [0.25, 0.3) is 0 Å². The fourth-order valence-corrected chi connectivity index (χ4v) is 2.12. The van der Waals surface area contributed by atoms with Gasteiger partial charge in [-0.2, -0.15) is 0 Å². The van der Waals surface area contributed by atoms with Gasteiger partial charge in [-0.15, -0.1) is 5.73 Å². The van der Waals surface area contributed by atoms with Gasteiger partial charge in [-0.05, 0) is 43.8 Å². The minimum atomic E-state index is 0.825. The molecular formula is C11H18. The summed E-state index contributed by atoms with van der Waals surface area (Å²) in [7, 11) is 0. The summed E-state index contributed by atoms with van der Waals surface area (Å²) in [6, 6.07) is 0. The van der Waals surface area contributed by atoms with E-state index >= 15 is 0 Å². The third kappa shape index (κ3) is 1.97. The molecule has 0 saturated heterocycles. The van der Waals surface area contributed by atoms with E-state index in [9.17, 15) is 0 Å². The Morgan fingerprint density at radius 3 is 2.64 bits per heavy atom. The van der Waals surface area contributed by atoms with Gasteiger partial charge in [0.25, 0.3) is 0 Å². The molecule has 0 amide bonds. The molecule has 0 aromatic heterocycles. The Morgan fingerprint density at radius 2 is 2.18 bits per heavy atom. The Hall–Kier alpha value is -0.480. The molecule has 1 rings (SSSR count). The predicted molar refractivity (Wildman–Crippen MR) is 49.4 cm³/mol. The van der Waals surface area contributed by atoms with Crippen LogP contribution in [-0.4, -0.2) is 0 Å². The largest absolute Gasteiger partial charge is 0.126 e. The monoisotopic (exact) mass is 150 g/mol. The molecular weight excluding hydrogens is 132 g/mol. The maximum absolute atomic E-state index is 3.31. The molecule has 0 spiro atoms. The Labute approximate surface area is 70.0 Å². The van der Waals surface area contributed by atoms with Gasteiger partial charge >= 0.3 is 0 Å². The first-order valence-electron chi connectivity index (χ1n) is 4.63. The summed E-state index contributed by atoms with van der Waals surface area (Å²) in [5, 5.41) is 0. The van der Waals surface area contributed by atoms with Crippen LogP contribution in [0.4, 0.5) is 0 Å². The molecule has 1 aliphatic carbocycles. The molecule has 0 heterocycles. The fourth-order valence-electron chi connectivity index (χ4n) is 2.12. The van der Waals surface area contributed by atoms with Gasteiger partial charge in [-0.3, -0.25) is 0 Å². The highest BCUT2D eigenvalue weighted by molar-refractivity contribution is 5.05. The standard InChI is InChI=1S/C11H18/c1-4-6-9(2)11-8-5-7-10(11)3/h4,10-11H,5,7-8H2,1-3H3/t6?,10-,11-/m1/s1. The second-order valence-electron chi connectivity index (χ2n) is 3.63. The lowest BCUT2D eigenvalue weighted by molar-refractivity contribution is 0.480. The van der Waals surface area contributed by atoms with Gasteiger partial charge in [0.15, 0.2) is 0 Å². The zero-order valence-corrected chi connectivity index (χ0v) is 7.85. The van der Waals surface area contributed by atoms with Gasteiger partial charge in [0.2, 0.25) is 0 Å². The number of hydrogen-bond acceptors (Lipinski definition) is 0. The number of hydrogen-bond donors (Lipinski definition) is 0. The Balaban J connectivity index is 2.67. The van der Waals surface area contributed by atoms with Crippen LogP contribution in [0, 0.1) is 11.8 Å². The third-order valence-electron chi connectivity index (χ3n) is 2.79. The summed E-state index contributed by atoms with van der Waals surface area (Å²) in [6.07, 6.45) is 6.23. The van der Waals surface area contributed by atoms with E-state index in [4.69, 9.17) is 0 Å². The van der Waals surface area contributed by atoms with E-state index in [0.717, 1.165) is 11.8 Å². The average Bonchev–Trinajstić information content (AvgIpc) is 2.36. The smallest absolute Gasteiger partial charge is 0.0104 e. The van der Waals surface area contributed by atoms with E-state index in [-0.39, 0.29) is 0 Å². The Morgan fingerprint density at radius 1 is 1.45 bits per heavy atom. The molecule has 0 heteroatoms. The van der Waals surface area contributed by atoms with Gasteiger partial charge in [0.05, 0.1) is 0 Å². The lowest BCUT2D eigenvalue weighted by atomic mass is 9.91. The summed E-state index contributed by atoms with van der Waals surface area (Å²) >= 11 is 0. The molecule has 1 aliphatic rings. The highest BCUT2D eigenvalue weighted by atomic mass is 14.3. The van der Waals surface area contributed by atoms with E-state index in [2.05, 4.69) is 19.6 Å². The number of rotatable bonds is 1. The predicted octanol–water partition coefficient (Wildman–Crippen LogP) is 3.54. The van der Waals surface area contributed by atoms with Crippen molar-refractivity contribution in [2.24, 2.45) is 11.8 Å². The first-order chi connectivity index (χ1) is 5.25. The van der Waals surface area contributed by atoms with Crippen molar-refractivity contribution >= 4 is 0 Å². The van der Waals surface area contributed by atoms with Crippen molar-refractivity contribution in [1.29, 1.82) is 0 Å². The summed E-state index contributed by atoms with van der Waals surface area (Å²) in [5.74, 6) is 1.72. The highest BCUT2D eigenvalue weighted by Crippen LogP contribution is 2.35. The van der Waals surface area contributed by atoms with Crippen molar-refractivity contribution in [2.75, 3.05) is 0 Å². The highest BCUT2D eigenvalue weighted by Gasteiger charge is 2.23. The second-order valence-corrected chi connectivity index (χ2v) is 3.63. The van der Waals surface area contributed by atoms with E-state index in [1.807, 2.05) is 13.0 Å². The first-order valence-corrected chi connectivity index (χ1v) is 4.63. The molecule has 0 aromatic rings. The van der Waals surface area contributed by atoms with Crippen LogP contribution in [0.1, 0.15) is 40.0 Å². The maximum Gasteiger partial charge on any atom is -0.0104 e. The quantitative estimate of drug-likeness (QED) is 0.501. The van der Waals surface area contributed by atoms with E-state index < -0.39 is 0 Å². The third-order valence-corrected chi connectivity index (χ3v) is 2.79. The molecule has 2 atom stereocenters. The zero-order chi connectivity index (χ0) is 8.27. The van der Waals surface area contributed by atoms with Crippen LogP contribution < -0.4 is 0 Å². The van der Waals surface area contributed by atoms with Crippen molar-refractivity contribution < 1.29 is 0 Å². The Bertz CT molecular complexity index is 182. The summed E-state index contributed by atoms with van der Waals surface area (Å²) < 4.78 is 0. The zero-order valence-electron chi connectivity index (χ0n) is 7.85. The van der Waals surface area contributed by atoms with Crippen molar-refractivity contribution in [1.82, 2.24) is 0 Å². The van der Waals surface area contributed by atoms with Crippen molar-refractivity contribution in [3.8, 4) is 0 Å². The minimum Gasteiger partial charge on any atom is -0.126 e. The van der Waals surface area contributed by atoms with E-state index in [1.165, 1.54) is 24.8 Å². The van der Waals surface area contributed by atoms with E-state index in [0.29, 0.717) is 0 Å². The lowest BCUT2D eigenvalue weighted by Gasteiger charge is -2.13. The topological polar surface area (TPSA) is 0 Å². The summed E-state index contributed by atoms with van der Waals surface area (Å²) in [4.78, 5) is 0. The molecule has 1 saturated carbocycles.